The largest absolute Gasteiger partial charge is 0.480 e. The van der Waals surface area contributed by atoms with Gasteiger partial charge in [-0.2, -0.15) is 0 Å². The number of nitrogens with one attached hydrogen (secondary N) is 4. The molecule has 11 nitrogen and oxygen atoms in total. The van der Waals surface area contributed by atoms with Crippen LogP contribution in [0.1, 0.15) is 11.3 Å². The SMILES string of the molecule is NC(CO)C(=O)NC(Cc1c[nH]c2ccccc12)C(=O)NC(Cc1cnc[nH]1)C(=O)O. The van der Waals surface area contributed by atoms with Crippen molar-refractivity contribution in [2.45, 2.75) is 31.0 Å². The molecule has 1 aromatic carbocycles. The van der Waals surface area contributed by atoms with Gasteiger partial charge in [0.2, 0.25) is 11.8 Å². The zero-order valence-electron chi connectivity index (χ0n) is 16.5. The number of aliphatic carboxylic acids is 1. The van der Waals surface area contributed by atoms with Crippen molar-refractivity contribution in [1.29, 1.82) is 0 Å². The number of rotatable bonds is 10. The Morgan fingerprint density at radius 2 is 1.81 bits per heavy atom. The number of nitrogens with two attached hydrogens (primary N) is 1. The molecule has 0 fully saturated rings. The third-order valence-electron chi connectivity index (χ3n) is 4.86. The Morgan fingerprint density at radius 1 is 1.06 bits per heavy atom. The summed E-state index contributed by atoms with van der Waals surface area (Å²) in [5.41, 5.74) is 7.72. The highest BCUT2D eigenvalue weighted by atomic mass is 16.4. The lowest BCUT2D eigenvalue weighted by atomic mass is 10.0. The molecule has 0 saturated heterocycles. The first-order valence-electron chi connectivity index (χ1n) is 9.61. The molecular weight excluding hydrogens is 404 g/mol. The lowest BCUT2D eigenvalue weighted by Gasteiger charge is -2.22. The van der Waals surface area contributed by atoms with Crippen molar-refractivity contribution in [2.24, 2.45) is 5.73 Å². The van der Waals surface area contributed by atoms with Crippen LogP contribution in [0.5, 0.6) is 0 Å². The Bertz CT molecular complexity index is 1050. The number of aliphatic hydroxyl groups is 1. The number of benzene rings is 1. The van der Waals surface area contributed by atoms with Crippen molar-refractivity contribution in [1.82, 2.24) is 25.6 Å². The minimum absolute atomic E-state index is 0.00895. The average molecular weight is 428 g/mol. The lowest BCUT2D eigenvalue weighted by molar-refractivity contribution is -0.142. The maximum absolute atomic E-state index is 13.0. The Kier molecular flexibility index (Phi) is 7.00. The predicted molar refractivity (Wildman–Crippen MR) is 111 cm³/mol. The van der Waals surface area contributed by atoms with E-state index in [0.717, 1.165) is 16.5 Å². The van der Waals surface area contributed by atoms with Gasteiger partial charge < -0.3 is 36.5 Å². The van der Waals surface area contributed by atoms with Gasteiger partial charge in [-0.3, -0.25) is 9.59 Å². The van der Waals surface area contributed by atoms with Gasteiger partial charge in [0.25, 0.3) is 0 Å². The highest BCUT2D eigenvalue weighted by molar-refractivity contribution is 5.93. The number of hydrogen-bond acceptors (Lipinski definition) is 6. The van der Waals surface area contributed by atoms with Crippen LogP contribution < -0.4 is 16.4 Å². The number of carboxylic acid groups (broad SMARTS) is 1. The van der Waals surface area contributed by atoms with Crippen LogP contribution in [-0.4, -0.2) is 67.7 Å². The number of carbonyl (C=O) groups excluding carboxylic acids is 2. The van der Waals surface area contributed by atoms with E-state index in [9.17, 15) is 19.5 Å². The number of aromatic amines is 2. The highest BCUT2D eigenvalue weighted by Gasteiger charge is 2.29. The van der Waals surface area contributed by atoms with Crippen LogP contribution in [0.15, 0.2) is 43.0 Å². The number of para-hydroxylation sites is 1. The molecule has 3 aromatic rings. The average Bonchev–Trinajstić information content (AvgIpc) is 3.42. The molecule has 0 radical (unpaired) electrons. The normalized spacial score (nSPS) is 14.0. The molecular formula is C20H24N6O5. The lowest BCUT2D eigenvalue weighted by Crippen LogP contribution is -2.56. The van der Waals surface area contributed by atoms with Crippen molar-refractivity contribution in [3.05, 3.63) is 54.2 Å². The van der Waals surface area contributed by atoms with Crippen LogP contribution in [0.3, 0.4) is 0 Å². The summed E-state index contributed by atoms with van der Waals surface area (Å²) in [5.74, 6) is -2.63. The van der Waals surface area contributed by atoms with Gasteiger partial charge in [-0.05, 0) is 11.6 Å². The second-order valence-corrected chi connectivity index (χ2v) is 7.09. The molecule has 164 valence electrons. The molecule has 0 spiro atoms. The van der Waals surface area contributed by atoms with E-state index in [2.05, 4.69) is 25.6 Å². The van der Waals surface area contributed by atoms with Gasteiger partial charge in [0.05, 0.1) is 12.9 Å². The van der Waals surface area contributed by atoms with Gasteiger partial charge in [0, 0.05) is 41.8 Å². The van der Waals surface area contributed by atoms with Crippen LogP contribution in [0.2, 0.25) is 0 Å². The molecule has 2 amide bonds. The fraction of sp³-hybridized carbons (Fsp3) is 0.300. The van der Waals surface area contributed by atoms with E-state index in [-0.39, 0.29) is 12.8 Å². The summed E-state index contributed by atoms with van der Waals surface area (Å²) in [6.45, 7) is -0.592. The van der Waals surface area contributed by atoms with E-state index in [0.29, 0.717) is 5.69 Å². The Labute approximate surface area is 177 Å². The van der Waals surface area contributed by atoms with Crippen LogP contribution in [0.4, 0.5) is 0 Å². The Hall–Kier alpha value is -3.70. The first-order valence-corrected chi connectivity index (χ1v) is 9.61. The van der Waals surface area contributed by atoms with E-state index in [1.165, 1.54) is 12.5 Å². The molecule has 3 rings (SSSR count). The molecule has 0 aliphatic carbocycles. The Morgan fingerprint density at radius 3 is 2.48 bits per heavy atom. The summed E-state index contributed by atoms with van der Waals surface area (Å²) in [6.07, 6.45) is 4.68. The number of aromatic nitrogens is 3. The summed E-state index contributed by atoms with van der Waals surface area (Å²) in [5, 5.41) is 24.5. The van der Waals surface area contributed by atoms with Crippen LogP contribution in [-0.2, 0) is 27.2 Å². The van der Waals surface area contributed by atoms with Crippen molar-refractivity contribution in [3.8, 4) is 0 Å². The molecule has 8 N–H and O–H groups in total. The number of carbonyl (C=O) groups is 3. The van der Waals surface area contributed by atoms with E-state index in [4.69, 9.17) is 10.8 Å². The molecule has 0 saturated carbocycles. The van der Waals surface area contributed by atoms with Crippen LogP contribution >= 0.6 is 0 Å². The minimum atomic E-state index is -1.23. The third-order valence-corrected chi connectivity index (χ3v) is 4.86. The number of nitrogens with zero attached hydrogens (tertiary/aromatic N) is 1. The third kappa shape index (κ3) is 5.47. The first-order chi connectivity index (χ1) is 14.9. The topological polar surface area (TPSA) is 186 Å². The minimum Gasteiger partial charge on any atom is -0.480 e. The van der Waals surface area contributed by atoms with Gasteiger partial charge in [0.15, 0.2) is 0 Å². The van der Waals surface area contributed by atoms with Gasteiger partial charge in [-0.25, -0.2) is 9.78 Å². The van der Waals surface area contributed by atoms with Gasteiger partial charge in [-0.15, -0.1) is 0 Å². The van der Waals surface area contributed by atoms with Gasteiger partial charge in [0.1, 0.15) is 18.1 Å². The summed E-state index contributed by atoms with van der Waals surface area (Å²) >= 11 is 0. The fourth-order valence-electron chi connectivity index (χ4n) is 3.18. The van der Waals surface area contributed by atoms with E-state index >= 15 is 0 Å². The fourth-order valence-corrected chi connectivity index (χ4v) is 3.18. The van der Waals surface area contributed by atoms with Gasteiger partial charge >= 0.3 is 5.97 Å². The molecule has 31 heavy (non-hydrogen) atoms. The number of H-pyrrole nitrogens is 2. The smallest absolute Gasteiger partial charge is 0.326 e. The van der Waals surface area contributed by atoms with Crippen molar-refractivity contribution in [2.75, 3.05) is 6.61 Å². The zero-order chi connectivity index (χ0) is 22.4. The standard InChI is InChI=1S/C20H24N6O5/c21-14(9-27)18(28)25-16(5-11-7-23-15-4-2-1-3-13(11)15)19(29)26-17(20(30)31)6-12-8-22-10-24-12/h1-4,7-8,10,14,16-17,23,27H,5-6,9,21H2,(H,22,24)(H,25,28)(H,26,29)(H,30,31). The quantitative estimate of drug-likeness (QED) is 0.217. The van der Waals surface area contributed by atoms with Gasteiger partial charge in [-0.1, -0.05) is 18.2 Å². The number of amides is 2. The summed E-state index contributed by atoms with van der Waals surface area (Å²) < 4.78 is 0. The predicted octanol–water partition coefficient (Wildman–Crippen LogP) is -0.950. The Balaban J connectivity index is 1.80. The highest BCUT2D eigenvalue weighted by Crippen LogP contribution is 2.19. The molecule has 3 unspecified atom stereocenters. The molecule has 11 heteroatoms. The molecule has 0 bridgehead atoms. The zero-order valence-corrected chi connectivity index (χ0v) is 16.5. The maximum Gasteiger partial charge on any atom is 0.326 e. The maximum atomic E-state index is 13.0. The monoisotopic (exact) mass is 428 g/mol. The van der Waals surface area contributed by atoms with Crippen molar-refractivity contribution >= 4 is 28.7 Å². The van der Waals surface area contributed by atoms with E-state index in [1.54, 1.807) is 6.20 Å². The number of fused-ring (bicyclic) bond motifs is 1. The summed E-state index contributed by atoms with van der Waals surface area (Å²) in [6, 6.07) is 3.91. The first kappa shape index (κ1) is 22.0. The van der Waals surface area contributed by atoms with E-state index < -0.39 is 42.5 Å². The molecule has 0 aliphatic rings. The van der Waals surface area contributed by atoms with Crippen molar-refractivity contribution in [3.63, 3.8) is 0 Å². The second kappa shape index (κ2) is 9.87. The molecule has 2 heterocycles. The summed E-state index contributed by atoms with van der Waals surface area (Å²) in [4.78, 5) is 46.6. The number of carboxylic acids is 1. The molecule has 2 aromatic heterocycles. The van der Waals surface area contributed by atoms with E-state index in [1.807, 2.05) is 24.3 Å². The molecule has 0 aliphatic heterocycles. The molecule has 3 atom stereocenters. The van der Waals surface area contributed by atoms with Crippen LogP contribution in [0, 0.1) is 0 Å². The number of hydrogen-bond donors (Lipinski definition) is 7. The number of imidazole rings is 1. The second-order valence-electron chi connectivity index (χ2n) is 7.09. The number of aliphatic hydroxyl groups excluding tert-OH is 1. The van der Waals surface area contributed by atoms with Crippen molar-refractivity contribution < 1.29 is 24.6 Å². The van der Waals surface area contributed by atoms with Crippen LogP contribution in [0.25, 0.3) is 10.9 Å². The summed E-state index contributed by atoms with van der Waals surface area (Å²) in [7, 11) is 0.